The molecule has 0 bridgehead atoms. The van der Waals surface area contributed by atoms with Gasteiger partial charge in [-0.05, 0) is 11.6 Å². The molecule has 116 valence electrons. The topological polar surface area (TPSA) is 72.5 Å². The zero-order valence-electron chi connectivity index (χ0n) is 11.8. The predicted molar refractivity (Wildman–Crippen MR) is 76.7 cm³/mol. The summed E-state index contributed by atoms with van der Waals surface area (Å²) < 4.78 is 41.8. The van der Waals surface area contributed by atoms with Gasteiger partial charge in [0.1, 0.15) is 5.78 Å². The van der Waals surface area contributed by atoms with Gasteiger partial charge in [0.15, 0.2) is 21.4 Å². The van der Waals surface area contributed by atoms with Crippen molar-refractivity contribution in [1.29, 1.82) is 0 Å². The summed E-state index contributed by atoms with van der Waals surface area (Å²) in [5.74, 6) is -0.588. The van der Waals surface area contributed by atoms with E-state index in [-0.39, 0.29) is 47.5 Å². The Bertz CT molecular complexity index is 630. The molecule has 1 atom stereocenters. The summed E-state index contributed by atoms with van der Waals surface area (Å²) in [6, 6.07) is 4.25. The van der Waals surface area contributed by atoms with Crippen molar-refractivity contribution in [2.75, 3.05) is 25.2 Å². The molecule has 2 rings (SSSR count). The highest BCUT2D eigenvalue weighted by atomic mass is 32.2. The summed E-state index contributed by atoms with van der Waals surface area (Å²) in [7, 11) is -1.72. The first kappa shape index (κ1) is 15.9. The summed E-state index contributed by atoms with van der Waals surface area (Å²) in [5.41, 5.74) is 0.262. The molecule has 0 aliphatic carbocycles. The van der Waals surface area contributed by atoms with E-state index in [0.29, 0.717) is 6.54 Å². The van der Waals surface area contributed by atoms with Crippen LogP contribution in [0.15, 0.2) is 18.2 Å². The van der Waals surface area contributed by atoms with Gasteiger partial charge >= 0.3 is 0 Å². The van der Waals surface area contributed by atoms with Gasteiger partial charge in [0.05, 0.1) is 18.6 Å². The van der Waals surface area contributed by atoms with Crippen molar-refractivity contribution in [3.05, 3.63) is 29.6 Å². The van der Waals surface area contributed by atoms with Crippen molar-refractivity contribution in [3.8, 4) is 5.75 Å². The zero-order valence-corrected chi connectivity index (χ0v) is 12.6. The Hall–Kier alpha value is -1.47. The Morgan fingerprint density at radius 1 is 1.48 bits per heavy atom. The Balaban J connectivity index is 1.99. The number of hydrogen-bond donors (Lipinski definition) is 1. The van der Waals surface area contributed by atoms with Gasteiger partial charge in [-0.2, -0.15) is 0 Å². The fourth-order valence-corrected chi connectivity index (χ4v) is 3.85. The van der Waals surface area contributed by atoms with Crippen molar-refractivity contribution in [2.45, 2.75) is 18.9 Å². The molecular weight excluding hydrogens is 297 g/mol. The lowest BCUT2D eigenvalue weighted by Gasteiger charge is -2.23. The van der Waals surface area contributed by atoms with Gasteiger partial charge in [0.2, 0.25) is 0 Å². The molecule has 7 heteroatoms. The number of rotatable bonds is 5. The van der Waals surface area contributed by atoms with Crippen molar-refractivity contribution in [3.63, 3.8) is 0 Å². The lowest BCUT2D eigenvalue weighted by atomic mass is 10.0. The Morgan fingerprint density at radius 3 is 2.90 bits per heavy atom. The molecule has 0 saturated carbocycles. The standard InChI is InChI=1S/C14H18FNO4S/c1-20-13-4-2-3-10(14(13)15)7-12(17)8-11-9-21(18,19)6-5-16-11/h2-4,11,16H,5-9H2,1H3. The molecule has 1 fully saturated rings. The molecule has 1 aromatic rings. The summed E-state index contributed by atoms with van der Waals surface area (Å²) in [4.78, 5) is 12.0. The van der Waals surface area contributed by atoms with Gasteiger partial charge in [0, 0.05) is 25.4 Å². The summed E-state index contributed by atoms with van der Waals surface area (Å²) in [6.07, 6.45) is 0.0111. The second-order valence-corrected chi connectivity index (χ2v) is 7.35. The van der Waals surface area contributed by atoms with Crippen LogP contribution in [0.1, 0.15) is 12.0 Å². The van der Waals surface area contributed by atoms with Crippen LogP contribution in [0.2, 0.25) is 0 Å². The molecule has 0 aromatic heterocycles. The van der Waals surface area contributed by atoms with Crippen LogP contribution >= 0.6 is 0 Å². The van der Waals surface area contributed by atoms with Crippen molar-refractivity contribution >= 4 is 15.6 Å². The number of sulfone groups is 1. The van der Waals surface area contributed by atoms with E-state index in [1.165, 1.54) is 19.2 Å². The van der Waals surface area contributed by atoms with Crippen LogP contribution in [0.25, 0.3) is 0 Å². The minimum atomic E-state index is -3.08. The number of nitrogens with one attached hydrogen (secondary N) is 1. The average Bonchev–Trinajstić information content (AvgIpc) is 2.40. The second kappa shape index (κ2) is 6.53. The smallest absolute Gasteiger partial charge is 0.168 e. The molecule has 0 amide bonds. The van der Waals surface area contributed by atoms with E-state index in [1.807, 2.05) is 0 Å². The fourth-order valence-electron chi connectivity index (χ4n) is 2.41. The lowest BCUT2D eigenvalue weighted by molar-refractivity contribution is -0.118. The highest BCUT2D eigenvalue weighted by molar-refractivity contribution is 7.91. The molecule has 1 heterocycles. The molecule has 1 saturated heterocycles. The Kier molecular flexibility index (Phi) is 4.95. The molecule has 0 spiro atoms. The van der Waals surface area contributed by atoms with Crippen LogP contribution < -0.4 is 10.1 Å². The maximum Gasteiger partial charge on any atom is 0.168 e. The van der Waals surface area contributed by atoms with Gasteiger partial charge in [-0.3, -0.25) is 4.79 Å². The molecule has 21 heavy (non-hydrogen) atoms. The molecule has 1 aromatic carbocycles. The molecule has 5 nitrogen and oxygen atoms in total. The number of carbonyl (C=O) groups is 1. The van der Waals surface area contributed by atoms with E-state index < -0.39 is 15.7 Å². The first-order valence-corrected chi connectivity index (χ1v) is 8.50. The van der Waals surface area contributed by atoms with E-state index >= 15 is 0 Å². The minimum Gasteiger partial charge on any atom is -0.494 e. The molecule has 1 aliphatic heterocycles. The maximum absolute atomic E-state index is 13.9. The fraction of sp³-hybridized carbons (Fsp3) is 0.500. The minimum absolute atomic E-state index is 0.0423. The van der Waals surface area contributed by atoms with Gasteiger partial charge < -0.3 is 10.1 Å². The molecular formula is C14H18FNO4S. The van der Waals surface area contributed by atoms with Gasteiger partial charge in [-0.15, -0.1) is 0 Å². The summed E-state index contributed by atoms with van der Waals surface area (Å²) in [6.45, 7) is 0.355. The number of benzene rings is 1. The summed E-state index contributed by atoms with van der Waals surface area (Å²) >= 11 is 0. The quantitative estimate of drug-likeness (QED) is 0.867. The second-order valence-electron chi connectivity index (χ2n) is 5.12. The third-order valence-corrected chi connectivity index (χ3v) is 5.16. The van der Waals surface area contributed by atoms with Crippen molar-refractivity contribution in [1.82, 2.24) is 5.32 Å². The number of halogens is 1. The number of carbonyl (C=O) groups excluding carboxylic acids is 1. The van der Waals surface area contributed by atoms with E-state index in [4.69, 9.17) is 4.74 Å². The van der Waals surface area contributed by atoms with Gasteiger partial charge in [-0.25, -0.2) is 12.8 Å². The Morgan fingerprint density at radius 2 is 2.24 bits per heavy atom. The highest BCUT2D eigenvalue weighted by Crippen LogP contribution is 2.21. The third-order valence-electron chi connectivity index (χ3n) is 3.43. The van der Waals surface area contributed by atoms with Crippen molar-refractivity contribution < 1.29 is 22.3 Å². The van der Waals surface area contributed by atoms with Crippen LogP contribution in [-0.2, 0) is 21.1 Å². The third kappa shape index (κ3) is 4.25. The van der Waals surface area contributed by atoms with Crippen LogP contribution in [0.5, 0.6) is 5.75 Å². The average molecular weight is 315 g/mol. The predicted octanol–water partition coefficient (Wildman–Crippen LogP) is 0.723. The molecule has 1 unspecified atom stereocenters. The molecule has 0 radical (unpaired) electrons. The largest absolute Gasteiger partial charge is 0.494 e. The Labute approximate surface area is 123 Å². The number of methoxy groups -OCH3 is 1. The zero-order chi connectivity index (χ0) is 15.5. The number of Topliss-reactive ketones (excluding diaryl/α,β-unsaturated/α-hetero) is 1. The SMILES string of the molecule is COc1cccc(CC(=O)CC2CS(=O)(=O)CCN2)c1F. The summed E-state index contributed by atoms with van der Waals surface area (Å²) in [5, 5.41) is 3.01. The monoisotopic (exact) mass is 315 g/mol. The van der Waals surface area contributed by atoms with Crippen molar-refractivity contribution in [2.24, 2.45) is 0 Å². The van der Waals surface area contributed by atoms with E-state index in [2.05, 4.69) is 5.32 Å². The van der Waals surface area contributed by atoms with E-state index in [1.54, 1.807) is 6.07 Å². The molecule has 1 N–H and O–H groups in total. The first-order chi connectivity index (χ1) is 9.91. The van der Waals surface area contributed by atoms with Crippen LogP contribution in [0, 0.1) is 5.82 Å². The van der Waals surface area contributed by atoms with Crippen LogP contribution in [0.3, 0.4) is 0 Å². The van der Waals surface area contributed by atoms with Crippen LogP contribution in [-0.4, -0.2) is 45.4 Å². The van der Waals surface area contributed by atoms with Crippen LogP contribution in [0.4, 0.5) is 4.39 Å². The number of ether oxygens (including phenoxy) is 1. The first-order valence-electron chi connectivity index (χ1n) is 6.68. The number of hydrogen-bond acceptors (Lipinski definition) is 5. The van der Waals surface area contributed by atoms with E-state index in [9.17, 15) is 17.6 Å². The number of ketones is 1. The lowest BCUT2D eigenvalue weighted by Crippen LogP contribution is -2.46. The highest BCUT2D eigenvalue weighted by Gasteiger charge is 2.26. The van der Waals surface area contributed by atoms with E-state index in [0.717, 1.165) is 0 Å². The van der Waals surface area contributed by atoms with Gasteiger partial charge in [-0.1, -0.05) is 12.1 Å². The maximum atomic E-state index is 13.9. The normalized spacial score (nSPS) is 21.0. The molecule has 1 aliphatic rings. The van der Waals surface area contributed by atoms with Gasteiger partial charge in [0.25, 0.3) is 0 Å².